The van der Waals surface area contributed by atoms with E-state index in [-0.39, 0.29) is 24.5 Å². The molecule has 0 fully saturated rings. The summed E-state index contributed by atoms with van der Waals surface area (Å²) in [5.74, 6) is -0.190. The van der Waals surface area contributed by atoms with E-state index in [2.05, 4.69) is 5.32 Å². The van der Waals surface area contributed by atoms with E-state index in [4.69, 9.17) is 23.2 Å². The van der Waals surface area contributed by atoms with E-state index in [1.807, 2.05) is 85.8 Å². The average molecular weight is 456 g/mol. The molecular weight excluding hydrogens is 429 g/mol. The zero-order chi connectivity index (χ0) is 22.4. The minimum absolute atomic E-state index is 0.0149. The molecule has 5 heteroatoms. The van der Waals surface area contributed by atoms with Crippen LogP contribution in [0.3, 0.4) is 0 Å². The first-order chi connectivity index (χ1) is 14.8. The van der Waals surface area contributed by atoms with Gasteiger partial charge < -0.3 is 10.4 Å². The average Bonchev–Trinajstić information content (AvgIpc) is 2.79. The maximum Gasteiger partial charge on any atom is 0.232 e. The molecule has 0 saturated heterocycles. The van der Waals surface area contributed by atoms with Gasteiger partial charge in [0.25, 0.3) is 0 Å². The third kappa shape index (κ3) is 5.68. The van der Waals surface area contributed by atoms with Crippen molar-refractivity contribution in [3.63, 3.8) is 0 Å². The number of nitrogens with one attached hydrogen (secondary N) is 1. The lowest BCUT2D eigenvalue weighted by atomic mass is 9.81. The van der Waals surface area contributed by atoms with Gasteiger partial charge in [0.1, 0.15) is 0 Å². The second kappa shape index (κ2) is 10.3. The molecule has 0 aliphatic carbocycles. The van der Waals surface area contributed by atoms with Crippen molar-refractivity contribution in [1.82, 2.24) is 5.32 Å². The van der Waals surface area contributed by atoms with Gasteiger partial charge in [-0.25, -0.2) is 0 Å². The van der Waals surface area contributed by atoms with Crippen LogP contribution in [0.2, 0.25) is 10.0 Å². The summed E-state index contributed by atoms with van der Waals surface area (Å²) in [6.45, 7) is 3.48. The molecule has 0 aromatic heterocycles. The molecule has 3 unspecified atom stereocenters. The first kappa shape index (κ1) is 23.3. The lowest BCUT2D eigenvalue weighted by Crippen LogP contribution is -2.49. The van der Waals surface area contributed by atoms with Crippen molar-refractivity contribution in [1.29, 1.82) is 0 Å². The first-order valence-corrected chi connectivity index (χ1v) is 11.1. The van der Waals surface area contributed by atoms with Gasteiger partial charge in [-0.05, 0) is 61.2 Å². The fourth-order valence-electron chi connectivity index (χ4n) is 3.73. The van der Waals surface area contributed by atoms with Gasteiger partial charge in [0.2, 0.25) is 5.91 Å². The Balaban J connectivity index is 1.86. The Labute approximate surface area is 194 Å². The van der Waals surface area contributed by atoms with Crippen molar-refractivity contribution in [2.45, 2.75) is 37.6 Å². The molecule has 3 rings (SSSR count). The SMILES string of the molecule is CC(NC(=O)C(C)(CO)c1ccccc1)C(Cc1ccc(Cl)cc1)c1ccc(Cl)cc1. The molecule has 0 aliphatic rings. The zero-order valence-electron chi connectivity index (χ0n) is 17.7. The monoisotopic (exact) mass is 455 g/mol. The van der Waals surface area contributed by atoms with Crippen molar-refractivity contribution in [3.05, 3.63) is 106 Å². The highest BCUT2D eigenvalue weighted by molar-refractivity contribution is 6.30. The van der Waals surface area contributed by atoms with E-state index in [9.17, 15) is 9.90 Å². The Morgan fingerprint density at radius 1 is 0.935 bits per heavy atom. The van der Waals surface area contributed by atoms with Crippen molar-refractivity contribution in [3.8, 4) is 0 Å². The molecule has 0 spiro atoms. The molecule has 0 bridgehead atoms. The van der Waals surface area contributed by atoms with Gasteiger partial charge in [-0.1, -0.05) is 77.8 Å². The Morgan fingerprint density at radius 2 is 1.48 bits per heavy atom. The molecule has 3 aromatic rings. The lowest BCUT2D eigenvalue weighted by Gasteiger charge is -2.32. The molecule has 0 saturated carbocycles. The number of aliphatic hydroxyl groups is 1. The Bertz CT molecular complexity index is 990. The highest BCUT2D eigenvalue weighted by Gasteiger charge is 2.36. The van der Waals surface area contributed by atoms with Gasteiger partial charge in [0.05, 0.1) is 12.0 Å². The number of halogens is 2. The highest BCUT2D eigenvalue weighted by atomic mass is 35.5. The number of hydrogen-bond donors (Lipinski definition) is 2. The maximum atomic E-state index is 13.3. The third-order valence-electron chi connectivity index (χ3n) is 5.86. The van der Waals surface area contributed by atoms with Gasteiger partial charge in [-0.15, -0.1) is 0 Å². The number of hydrogen-bond acceptors (Lipinski definition) is 2. The van der Waals surface area contributed by atoms with Gasteiger partial charge in [-0.3, -0.25) is 4.79 Å². The lowest BCUT2D eigenvalue weighted by molar-refractivity contribution is -0.128. The summed E-state index contributed by atoms with van der Waals surface area (Å²) >= 11 is 12.1. The minimum Gasteiger partial charge on any atom is -0.395 e. The van der Waals surface area contributed by atoms with E-state index >= 15 is 0 Å². The summed E-state index contributed by atoms with van der Waals surface area (Å²) in [5, 5.41) is 14.6. The smallest absolute Gasteiger partial charge is 0.232 e. The highest BCUT2D eigenvalue weighted by Crippen LogP contribution is 2.29. The molecular formula is C26H27Cl2NO2. The van der Waals surface area contributed by atoms with E-state index in [1.165, 1.54) is 0 Å². The Kier molecular flexibility index (Phi) is 7.77. The van der Waals surface area contributed by atoms with Crippen LogP contribution in [-0.4, -0.2) is 23.7 Å². The van der Waals surface area contributed by atoms with Crippen LogP contribution in [0.1, 0.15) is 36.5 Å². The van der Waals surface area contributed by atoms with E-state index < -0.39 is 5.41 Å². The largest absolute Gasteiger partial charge is 0.395 e. The Morgan fingerprint density at radius 3 is 2.03 bits per heavy atom. The second-order valence-electron chi connectivity index (χ2n) is 8.11. The number of carbonyl (C=O) groups excluding carboxylic acids is 1. The number of amides is 1. The van der Waals surface area contributed by atoms with Crippen LogP contribution < -0.4 is 5.32 Å². The summed E-state index contributed by atoms with van der Waals surface area (Å²) in [4.78, 5) is 13.3. The van der Waals surface area contributed by atoms with E-state index in [0.29, 0.717) is 10.0 Å². The van der Waals surface area contributed by atoms with E-state index in [1.54, 1.807) is 6.92 Å². The van der Waals surface area contributed by atoms with Crippen molar-refractivity contribution in [2.24, 2.45) is 0 Å². The van der Waals surface area contributed by atoms with Gasteiger partial charge in [0, 0.05) is 22.0 Å². The molecule has 2 N–H and O–H groups in total. The predicted octanol–water partition coefficient (Wildman–Crippen LogP) is 5.77. The standard InChI is InChI=1S/C26H27Cl2NO2/c1-18(29-25(31)26(2,17-30)21-6-4-3-5-7-21)24(20-10-14-23(28)15-11-20)16-19-8-12-22(27)13-9-19/h3-15,18,24,30H,16-17H2,1-2H3,(H,29,31). The van der Waals surface area contributed by atoms with Crippen molar-refractivity contribution in [2.75, 3.05) is 6.61 Å². The van der Waals surface area contributed by atoms with Crippen LogP contribution in [0.15, 0.2) is 78.9 Å². The van der Waals surface area contributed by atoms with Crippen LogP contribution in [0.4, 0.5) is 0 Å². The number of benzene rings is 3. The summed E-state index contributed by atoms with van der Waals surface area (Å²) < 4.78 is 0. The molecule has 3 atom stereocenters. The first-order valence-electron chi connectivity index (χ1n) is 10.3. The second-order valence-corrected chi connectivity index (χ2v) is 8.98. The van der Waals surface area contributed by atoms with Crippen LogP contribution in [0.5, 0.6) is 0 Å². The van der Waals surface area contributed by atoms with Crippen molar-refractivity contribution >= 4 is 29.1 Å². The van der Waals surface area contributed by atoms with Crippen LogP contribution in [-0.2, 0) is 16.6 Å². The van der Waals surface area contributed by atoms with Gasteiger partial charge in [-0.2, -0.15) is 0 Å². The quantitative estimate of drug-likeness (QED) is 0.452. The zero-order valence-corrected chi connectivity index (χ0v) is 19.2. The molecule has 0 heterocycles. The maximum absolute atomic E-state index is 13.3. The summed E-state index contributed by atoms with van der Waals surface area (Å²) in [7, 11) is 0. The van der Waals surface area contributed by atoms with Gasteiger partial charge >= 0.3 is 0 Å². The van der Waals surface area contributed by atoms with E-state index in [0.717, 1.165) is 23.1 Å². The summed E-state index contributed by atoms with van der Waals surface area (Å²) in [6.07, 6.45) is 0.724. The molecule has 0 radical (unpaired) electrons. The molecule has 3 nitrogen and oxygen atoms in total. The molecule has 0 aliphatic heterocycles. The number of aliphatic hydroxyl groups excluding tert-OH is 1. The van der Waals surface area contributed by atoms with Crippen LogP contribution in [0.25, 0.3) is 0 Å². The summed E-state index contributed by atoms with van der Waals surface area (Å²) in [6, 6.07) is 24.7. The Hall–Kier alpha value is -2.33. The molecule has 1 amide bonds. The fraction of sp³-hybridized carbons (Fsp3) is 0.269. The predicted molar refractivity (Wildman–Crippen MR) is 128 cm³/mol. The molecule has 31 heavy (non-hydrogen) atoms. The fourth-order valence-corrected chi connectivity index (χ4v) is 3.99. The normalized spacial score (nSPS) is 15.0. The number of rotatable bonds is 8. The van der Waals surface area contributed by atoms with Gasteiger partial charge in [0.15, 0.2) is 0 Å². The summed E-state index contributed by atoms with van der Waals surface area (Å²) in [5.41, 5.74) is 1.96. The minimum atomic E-state index is -1.03. The third-order valence-corrected chi connectivity index (χ3v) is 6.36. The number of carbonyl (C=O) groups is 1. The van der Waals surface area contributed by atoms with Crippen LogP contribution in [0, 0.1) is 0 Å². The molecule has 162 valence electrons. The molecule has 3 aromatic carbocycles. The van der Waals surface area contributed by atoms with Crippen molar-refractivity contribution < 1.29 is 9.90 Å². The topological polar surface area (TPSA) is 49.3 Å². The van der Waals surface area contributed by atoms with Crippen LogP contribution >= 0.6 is 23.2 Å².